The number of ether oxygens (including phenoxy) is 2. The predicted octanol–water partition coefficient (Wildman–Crippen LogP) is 4.96. The molecule has 1 atom stereocenters. The molecule has 1 aliphatic rings. The SMILES string of the molecule is COCCCNC(=O)c1c2n(c(C)cc1=O)-c1ccc(Cl)cc1SC(c1ccccc1OC)C2. The number of aromatic nitrogens is 1. The summed E-state index contributed by atoms with van der Waals surface area (Å²) in [5.41, 5.74) is 3.22. The van der Waals surface area contributed by atoms with Gasteiger partial charge in [0.05, 0.1) is 12.8 Å². The molecule has 0 bridgehead atoms. The molecule has 1 N–H and O–H groups in total. The maximum atomic E-state index is 13.2. The van der Waals surface area contributed by atoms with Gasteiger partial charge in [0.2, 0.25) is 0 Å². The van der Waals surface area contributed by atoms with Gasteiger partial charge < -0.3 is 19.4 Å². The number of hydrogen-bond acceptors (Lipinski definition) is 5. The summed E-state index contributed by atoms with van der Waals surface area (Å²) < 4.78 is 12.7. The number of carbonyl (C=O) groups excluding carboxylic acids is 1. The second-order valence-electron chi connectivity index (χ2n) is 8.07. The van der Waals surface area contributed by atoms with Crippen LogP contribution in [0.1, 0.15) is 39.0 Å². The third kappa shape index (κ3) is 4.87. The Morgan fingerprint density at radius 1 is 1.21 bits per heavy atom. The minimum Gasteiger partial charge on any atom is -0.496 e. The number of benzene rings is 2. The highest BCUT2D eigenvalue weighted by atomic mass is 35.5. The first-order chi connectivity index (χ1) is 16.4. The Balaban J connectivity index is 1.90. The summed E-state index contributed by atoms with van der Waals surface area (Å²) in [5, 5.41) is 3.42. The Labute approximate surface area is 208 Å². The van der Waals surface area contributed by atoms with Gasteiger partial charge >= 0.3 is 0 Å². The van der Waals surface area contributed by atoms with Gasteiger partial charge in [-0.15, -0.1) is 11.8 Å². The van der Waals surface area contributed by atoms with Gasteiger partial charge in [0.25, 0.3) is 5.91 Å². The second-order valence-corrected chi connectivity index (χ2v) is 9.75. The van der Waals surface area contributed by atoms with Crippen LogP contribution < -0.4 is 15.5 Å². The smallest absolute Gasteiger partial charge is 0.257 e. The van der Waals surface area contributed by atoms with Crippen molar-refractivity contribution in [2.75, 3.05) is 27.4 Å². The van der Waals surface area contributed by atoms with E-state index in [1.54, 1.807) is 26.0 Å². The average Bonchev–Trinajstić information content (AvgIpc) is 2.98. The number of para-hydroxylation sites is 1. The molecule has 0 fully saturated rings. The van der Waals surface area contributed by atoms with Crippen molar-refractivity contribution < 1.29 is 14.3 Å². The van der Waals surface area contributed by atoms with Gasteiger partial charge in [0.1, 0.15) is 11.3 Å². The van der Waals surface area contributed by atoms with Crippen molar-refractivity contribution in [1.29, 1.82) is 0 Å². The molecular formula is C26H27ClN2O4S. The lowest BCUT2D eigenvalue weighted by Gasteiger charge is -2.21. The summed E-state index contributed by atoms with van der Waals surface area (Å²) >= 11 is 8.02. The van der Waals surface area contributed by atoms with Crippen LogP contribution in [0.3, 0.4) is 0 Å². The molecule has 1 amide bonds. The highest BCUT2D eigenvalue weighted by Gasteiger charge is 2.30. The van der Waals surface area contributed by atoms with Gasteiger partial charge in [0, 0.05) is 64.9 Å². The normalized spacial score (nSPS) is 14.6. The molecule has 0 saturated carbocycles. The first-order valence-corrected chi connectivity index (χ1v) is 12.3. The van der Waals surface area contributed by atoms with Gasteiger partial charge in [-0.3, -0.25) is 9.59 Å². The van der Waals surface area contributed by atoms with Gasteiger partial charge in [-0.25, -0.2) is 0 Å². The monoisotopic (exact) mass is 498 g/mol. The van der Waals surface area contributed by atoms with Crippen LogP contribution in [-0.2, 0) is 11.2 Å². The molecule has 4 rings (SSSR count). The standard InChI is InChI=1S/C26H27ClN2O4S/c1-16-13-21(30)25(26(31)28-11-6-12-32-2)20-15-23(18-7-4-5-8-22(18)33-3)34-24-14-17(27)9-10-19(24)29(16)20/h4-5,7-10,13-14,23H,6,11-12,15H2,1-3H3,(H,28,31). The summed E-state index contributed by atoms with van der Waals surface area (Å²) in [6.07, 6.45) is 1.13. The summed E-state index contributed by atoms with van der Waals surface area (Å²) in [4.78, 5) is 27.3. The quantitative estimate of drug-likeness (QED) is 0.466. The van der Waals surface area contributed by atoms with Crippen molar-refractivity contribution in [3.8, 4) is 11.4 Å². The van der Waals surface area contributed by atoms with E-state index in [0.29, 0.717) is 36.7 Å². The topological polar surface area (TPSA) is 69.6 Å². The Morgan fingerprint density at radius 3 is 2.76 bits per heavy atom. The van der Waals surface area contributed by atoms with Gasteiger partial charge in [-0.1, -0.05) is 29.8 Å². The largest absolute Gasteiger partial charge is 0.496 e. The van der Waals surface area contributed by atoms with Crippen molar-refractivity contribution in [2.24, 2.45) is 0 Å². The second kappa shape index (κ2) is 10.7. The van der Waals surface area contributed by atoms with Crippen LogP contribution in [0.5, 0.6) is 5.75 Å². The lowest BCUT2D eigenvalue weighted by atomic mass is 10.0. The van der Waals surface area contributed by atoms with Crippen molar-refractivity contribution in [1.82, 2.24) is 9.88 Å². The lowest BCUT2D eigenvalue weighted by molar-refractivity contribution is 0.0946. The molecule has 8 heteroatoms. The van der Waals surface area contributed by atoms with Gasteiger partial charge in [-0.05, 0) is 37.6 Å². The molecule has 0 radical (unpaired) electrons. The highest BCUT2D eigenvalue weighted by Crippen LogP contribution is 2.47. The van der Waals surface area contributed by atoms with Crippen LogP contribution in [0.4, 0.5) is 0 Å². The molecular weight excluding hydrogens is 472 g/mol. The van der Waals surface area contributed by atoms with E-state index in [0.717, 1.165) is 27.6 Å². The molecule has 2 heterocycles. The van der Waals surface area contributed by atoms with Crippen LogP contribution in [0.25, 0.3) is 5.69 Å². The molecule has 0 saturated heterocycles. The number of pyridine rings is 1. The number of methoxy groups -OCH3 is 2. The number of nitrogens with one attached hydrogen (secondary N) is 1. The Kier molecular flexibility index (Phi) is 7.66. The Bertz CT molecular complexity index is 1270. The Hall–Kier alpha value is -2.74. The van der Waals surface area contributed by atoms with Crippen LogP contribution in [0.2, 0.25) is 5.02 Å². The minimum absolute atomic E-state index is 0.0941. The third-order valence-electron chi connectivity index (χ3n) is 5.83. The van der Waals surface area contributed by atoms with Crippen molar-refractivity contribution in [3.63, 3.8) is 0 Å². The van der Waals surface area contributed by atoms with E-state index in [2.05, 4.69) is 5.32 Å². The molecule has 3 aromatic rings. The fourth-order valence-electron chi connectivity index (χ4n) is 4.32. The minimum atomic E-state index is -0.369. The van der Waals surface area contributed by atoms with Crippen molar-refractivity contribution in [3.05, 3.63) is 86.3 Å². The molecule has 1 aromatic heterocycles. The molecule has 1 unspecified atom stereocenters. The zero-order chi connectivity index (χ0) is 24.2. The maximum absolute atomic E-state index is 13.2. The number of hydrogen-bond donors (Lipinski definition) is 1. The molecule has 178 valence electrons. The lowest BCUT2D eigenvalue weighted by Crippen LogP contribution is -2.33. The van der Waals surface area contributed by atoms with Crippen molar-refractivity contribution >= 4 is 29.3 Å². The predicted molar refractivity (Wildman–Crippen MR) is 136 cm³/mol. The molecule has 2 aromatic carbocycles. The van der Waals surface area contributed by atoms with E-state index in [9.17, 15) is 9.59 Å². The van der Waals surface area contributed by atoms with E-state index in [1.165, 1.54) is 6.07 Å². The van der Waals surface area contributed by atoms with Crippen LogP contribution in [0, 0.1) is 6.92 Å². The first kappa shape index (κ1) is 24.4. The maximum Gasteiger partial charge on any atom is 0.257 e. The molecule has 0 aliphatic carbocycles. The number of halogens is 1. The number of thioether (sulfide) groups is 1. The molecule has 34 heavy (non-hydrogen) atoms. The van der Waals surface area contributed by atoms with Gasteiger partial charge in [-0.2, -0.15) is 0 Å². The van der Waals surface area contributed by atoms with E-state index < -0.39 is 0 Å². The summed E-state index contributed by atoms with van der Waals surface area (Å²) in [7, 11) is 3.26. The summed E-state index contributed by atoms with van der Waals surface area (Å²) in [6.45, 7) is 2.85. The number of rotatable bonds is 7. The molecule has 0 spiro atoms. The number of carbonyl (C=O) groups is 1. The molecule has 6 nitrogen and oxygen atoms in total. The van der Waals surface area contributed by atoms with Crippen LogP contribution in [0.15, 0.2) is 58.2 Å². The fourth-order valence-corrected chi connectivity index (χ4v) is 5.90. The summed E-state index contributed by atoms with van der Waals surface area (Å²) in [5.74, 6) is 0.392. The summed E-state index contributed by atoms with van der Waals surface area (Å²) in [6, 6.07) is 15.1. The van der Waals surface area contributed by atoms with Gasteiger partial charge in [0.15, 0.2) is 5.43 Å². The van der Waals surface area contributed by atoms with E-state index in [-0.39, 0.29) is 22.1 Å². The van der Waals surface area contributed by atoms with E-state index >= 15 is 0 Å². The first-order valence-electron chi connectivity index (χ1n) is 11.1. The highest BCUT2D eigenvalue weighted by molar-refractivity contribution is 7.99. The number of nitrogens with zero attached hydrogens (tertiary/aromatic N) is 1. The fraction of sp³-hybridized carbons (Fsp3) is 0.308. The molecule has 1 aliphatic heterocycles. The van der Waals surface area contributed by atoms with E-state index in [4.69, 9.17) is 21.1 Å². The number of aryl methyl sites for hydroxylation is 1. The van der Waals surface area contributed by atoms with Crippen LogP contribution >= 0.6 is 23.4 Å². The third-order valence-corrected chi connectivity index (χ3v) is 7.35. The number of fused-ring (bicyclic) bond motifs is 3. The van der Waals surface area contributed by atoms with E-state index in [1.807, 2.05) is 54.0 Å². The zero-order valence-corrected chi connectivity index (χ0v) is 21.0. The van der Waals surface area contributed by atoms with Crippen LogP contribution in [-0.4, -0.2) is 37.8 Å². The average molecular weight is 499 g/mol. The van der Waals surface area contributed by atoms with Crippen molar-refractivity contribution in [2.45, 2.75) is 29.9 Å². The number of amides is 1. The zero-order valence-electron chi connectivity index (χ0n) is 19.4. The Morgan fingerprint density at radius 2 is 2.00 bits per heavy atom.